The number of oxime groups is 1. The van der Waals surface area contributed by atoms with E-state index in [2.05, 4.69) is 5.16 Å². The highest BCUT2D eigenvalue weighted by Crippen LogP contribution is 2.11. The fourth-order valence-electron chi connectivity index (χ4n) is 0.802. The molecule has 0 unspecified atom stereocenters. The third-order valence-electron chi connectivity index (χ3n) is 1.41. The lowest BCUT2D eigenvalue weighted by molar-refractivity contribution is 0.318. The van der Waals surface area contributed by atoms with Gasteiger partial charge in [-0.2, -0.15) is 0 Å². The summed E-state index contributed by atoms with van der Waals surface area (Å²) in [6.07, 6.45) is 0. The van der Waals surface area contributed by atoms with Crippen molar-refractivity contribution in [2.45, 2.75) is 0 Å². The molecule has 3 nitrogen and oxygen atoms in total. The van der Waals surface area contributed by atoms with Gasteiger partial charge in [0.15, 0.2) is 5.84 Å². The molecule has 0 amide bonds. The first-order valence-corrected chi connectivity index (χ1v) is 3.56. The highest BCUT2D eigenvalue weighted by Gasteiger charge is 2.05. The summed E-state index contributed by atoms with van der Waals surface area (Å²) in [6.45, 7) is 0. The highest BCUT2D eigenvalue weighted by atomic mass is 35.5. The molecule has 1 aromatic carbocycles. The van der Waals surface area contributed by atoms with E-state index in [4.69, 9.17) is 30.4 Å². The standard InChI is InChI=1S/C7H6BClN2O/c8-5-3-1-2-4(6(5)9)7(10)11-12/h1-3,12H,(H2,10,11). The number of rotatable bonds is 1. The van der Waals surface area contributed by atoms with Crippen molar-refractivity contribution in [3.8, 4) is 0 Å². The minimum Gasteiger partial charge on any atom is -0.409 e. The van der Waals surface area contributed by atoms with Crippen LogP contribution >= 0.6 is 11.6 Å². The van der Waals surface area contributed by atoms with Gasteiger partial charge in [0.1, 0.15) is 7.85 Å². The Morgan fingerprint density at radius 2 is 2.25 bits per heavy atom. The van der Waals surface area contributed by atoms with Gasteiger partial charge in [0.25, 0.3) is 0 Å². The smallest absolute Gasteiger partial charge is 0.171 e. The molecule has 1 aromatic rings. The predicted molar refractivity (Wildman–Crippen MR) is 49.4 cm³/mol. The van der Waals surface area contributed by atoms with Gasteiger partial charge in [0.05, 0.1) is 0 Å². The summed E-state index contributed by atoms with van der Waals surface area (Å²) in [6, 6.07) is 4.93. The molecule has 0 aliphatic heterocycles. The lowest BCUT2D eigenvalue weighted by Gasteiger charge is -2.03. The Kier molecular flexibility index (Phi) is 2.60. The zero-order valence-electron chi connectivity index (χ0n) is 6.16. The summed E-state index contributed by atoms with van der Waals surface area (Å²) in [5.41, 5.74) is 6.16. The van der Waals surface area contributed by atoms with Crippen LogP contribution in [0.2, 0.25) is 5.02 Å². The lowest BCUT2D eigenvalue weighted by atomic mass is 9.94. The van der Waals surface area contributed by atoms with E-state index in [1.54, 1.807) is 18.2 Å². The largest absolute Gasteiger partial charge is 0.409 e. The monoisotopic (exact) mass is 180 g/mol. The van der Waals surface area contributed by atoms with Gasteiger partial charge >= 0.3 is 0 Å². The molecule has 1 rings (SSSR count). The van der Waals surface area contributed by atoms with Crippen molar-refractivity contribution in [2.24, 2.45) is 10.9 Å². The van der Waals surface area contributed by atoms with Crippen molar-refractivity contribution in [3.05, 3.63) is 28.8 Å². The number of benzene rings is 1. The fraction of sp³-hybridized carbons (Fsp3) is 0. The summed E-state index contributed by atoms with van der Waals surface area (Å²) in [5.74, 6) is -0.0488. The number of hydrogen-bond acceptors (Lipinski definition) is 2. The van der Waals surface area contributed by atoms with E-state index in [9.17, 15) is 0 Å². The van der Waals surface area contributed by atoms with Crippen LogP contribution in [0.3, 0.4) is 0 Å². The second-order valence-corrected chi connectivity index (χ2v) is 2.57. The molecule has 0 atom stereocenters. The number of halogens is 1. The molecule has 12 heavy (non-hydrogen) atoms. The molecule has 0 saturated heterocycles. The van der Waals surface area contributed by atoms with Crippen LogP contribution in [0.5, 0.6) is 0 Å². The first-order chi connectivity index (χ1) is 5.66. The zero-order valence-corrected chi connectivity index (χ0v) is 6.92. The van der Waals surface area contributed by atoms with Gasteiger partial charge in [-0.1, -0.05) is 34.4 Å². The summed E-state index contributed by atoms with van der Waals surface area (Å²) < 4.78 is 0. The Bertz CT molecular complexity index is 327. The molecule has 60 valence electrons. The Morgan fingerprint density at radius 3 is 2.83 bits per heavy atom. The maximum absolute atomic E-state index is 8.37. The maximum atomic E-state index is 8.37. The molecule has 0 fully saturated rings. The second-order valence-electron chi connectivity index (χ2n) is 2.19. The average Bonchev–Trinajstić information content (AvgIpc) is 2.08. The van der Waals surface area contributed by atoms with Crippen LogP contribution in [0.15, 0.2) is 23.4 Å². The van der Waals surface area contributed by atoms with Crippen LogP contribution in [0.4, 0.5) is 0 Å². The second kappa shape index (κ2) is 3.49. The quantitative estimate of drug-likeness (QED) is 0.214. The van der Waals surface area contributed by atoms with Crippen molar-refractivity contribution in [1.29, 1.82) is 0 Å². The minimum atomic E-state index is -0.0488. The van der Waals surface area contributed by atoms with Gasteiger partial charge in [-0.05, 0) is 6.07 Å². The molecular formula is C7H6BClN2O. The van der Waals surface area contributed by atoms with Gasteiger partial charge in [-0.15, -0.1) is 0 Å². The van der Waals surface area contributed by atoms with E-state index >= 15 is 0 Å². The molecule has 0 aliphatic carbocycles. The SMILES string of the molecule is [B]c1cccc(/C(N)=N\O)c1Cl. The molecule has 3 N–H and O–H groups in total. The molecular weight excluding hydrogens is 174 g/mol. The summed E-state index contributed by atoms with van der Waals surface area (Å²) in [5, 5.41) is 11.5. The fourth-order valence-corrected chi connectivity index (χ4v) is 1.02. The lowest BCUT2D eigenvalue weighted by Crippen LogP contribution is -2.17. The maximum Gasteiger partial charge on any atom is 0.171 e. The van der Waals surface area contributed by atoms with Crippen LogP contribution in [0, 0.1) is 0 Å². The number of nitrogens with two attached hydrogens (primary N) is 1. The van der Waals surface area contributed by atoms with E-state index < -0.39 is 0 Å². The number of nitrogens with zero attached hydrogens (tertiary/aromatic N) is 1. The van der Waals surface area contributed by atoms with Crippen molar-refractivity contribution in [1.82, 2.24) is 0 Å². The third-order valence-corrected chi connectivity index (χ3v) is 1.83. The van der Waals surface area contributed by atoms with Crippen LogP contribution in [0.25, 0.3) is 0 Å². The molecule has 0 saturated carbocycles. The Morgan fingerprint density at radius 1 is 1.58 bits per heavy atom. The molecule has 0 spiro atoms. The first kappa shape index (κ1) is 8.94. The van der Waals surface area contributed by atoms with Gasteiger partial charge in [0.2, 0.25) is 0 Å². The van der Waals surface area contributed by atoms with E-state index in [0.29, 0.717) is 16.0 Å². The molecule has 0 aliphatic rings. The number of amidine groups is 1. The van der Waals surface area contributed by atoms with E-state index in [0.717, 1.165) is 0 Å². The highest BCUT2D eigenvalue weighted by molar-refractivity contribution is 6.46. The summed E-state index contributed by atoms with van der Waals surface area (Å²) >= 11 is 5.77. The van der Waals surface area contributed by atoms with Crippen LogP contribution in [0.1, 0.15) is 5.56 Å². The normalized spacial score (nSPS) is 11.6. The first-order valence-electron chi connectivity index (χ1n) is 3.18. The van der Waals surface area contributed by atoms with E-state index in [1.807, 2.05) is 0 Å². The Labute approximate surface area is 76.2 Å². The summed E-state index contributed by atoms with van der Waals surface area (Å²) in [4.78, 5) is 0. The molecule has 0 bridgehead atoms. The Hall–Kier alpha value is -1.16. The van der Waals surface area contributed by atoms with Crippen LogP contribution in [-0.2, 0) is 0 Å². The molecule has 5 heteroatoms. The molecule has 0 aromatic heterocycles. The summed E-state index contributed by atoms with van der Waals surface area (Å²) in [7, 11) is 5.49. The topological polar surface area (TPSA) is 58.6 Å². The van der Waals surface area contributed by atoms with Crippen LogP contribution in [-0.4, -0.2) is 18.9 Å². The average molecular weight is 180 g/mol. The van der Waals surface area contributed by atoms with Gasteiger partial charge in [-0.3, -0.25) is 0 Å². The van der Waals surface area contributed by atoms with E-state index in [-0.39, 0.29) is 5.84 Å². The number of hydrogen-bond donors (Lipinski definition) is 2. The van der Waals surface area contributed by atoms with E-state index in [1.165, 1.54) is 0 Å². The van der Waals surface area contributed by atoms with Crippen molar-refractivity contribution in [2.75, 3.05) is 0 Å². The van der Waals surface area contributed by atoms with Gasteiger partial charge < -0.3 is 10.9 Å². The minimum absolute atomic E-state index is 0.0488. The van der Waals surface area contributed by atoms with Crippen molar-refractivity contribution in [3.63, 3.8) is 0 Å². The predicted octanol–water partition coefficient (Wildman–Crippen LogP) is 0.228. The van der Waals surface area contributed by atoms with Crippen LogP contribution < -0.4 is 11.2 Å². The molecule has 0 heterocycles. The van der Waals surface area contributed by atoms with Crippen molar-refractivity contribution >= 4 is 30.7 Å². The van der Waals surface area contributed by atoms with Gasteiger partial charge in [0, 0.05) is 10.6 Å². The Balaban J connectivity index is 3.26. The third kappa shape index (κ3) is 1.53. The van der Waals surface area contributed by atoms with Gasteiger partial charge in [-0.25, -0.2) is 0 Å². The zero-order chi connectivity index (χ0) is 9.14. The van der Waals surface area contributed by atoms with Crippen molar-refractivity contribution < 1.29 is 5.21 Å². The molecule has 2 radical (unpaired) electrons.